The number of nitrogens with one attached hydrogen (secondary N) is 1. The summed E-state index contributed by atoms with van der Waals surface area (Å²) in [5.41, 5.74) is 1.03. The van der Waals surface area contributed by atoms with Crippen molar-refractivity contribution >= 4 is 0 Å². The van der Waals surface area contributed by atoms with E-state index in [4.69, 9.17) is 0 Å². The summed E-state index contributed by atoms with van der Waals surface area (Å²) in [5.74, 6) is 0. The van der Waals surface area contributed by atoms with Crippen molar-refractivity contribution in [1.29, 1.82) is 0 Å². The van der Waals surface area contributed by atoms with Crippen molar-refractivity contribution in [3.8, 4) is 0 Å². The van der Waals surface area contributed by atoms with Crippen LogP contribution in [0.3, 0.4) is 0 Å². The van der Waals surface area contributed by atoms with E-state index in [0.29, 0.717) is 6.42 Å². The number of rotatable bonds is 9. The van der Waals surface area contributed by atoms with E-state index in [0.717, 1.165) is 44.1 Å². The molecule has 1 heterocycles. The molecule has 1 rings (SSSR count). The van der Waals surface area contributed by atoms with Gasteiger partial charge in [-0.1, -0.05) is 38.2 Å². The van der Waals surface area contributed by atoms with Gasteiger partial charge < -0.3 is 4.98 Å². The fourth-order valence-electron chi connectivity index (χ4n) is 2.14. The third-order valence-electron chi connectivity index (χ3n) is 3.27. The molecule has 1 aromatic heterocycles. The van der Waals surface area contributed by atoms with Crippen LogP contribution in [0.4, 0.5) is 13.2 Å². The quantitative estimate of drug-likeness (QED) is 0.662. The lowest BCUT2D eigenvalue weighted by molar-refractivity contribution is -0.135. The molecule has 0 aliphatic heterocycles. The number of aryl methyl sites for hydroxylation is 1. The summed E-state index contributed by atoms with van der Waals surface area (Å²) in [6, 6.07) is 3.35. The first-order chi connectivity index (χ1) is 9.47. The van der Waals surface area contributed by atoms with Gasteiger partial charge in [0, 0.05) is 18.7 Å². The van der Waals surface area contributed by atoms with Crippen LogP contribution >= 0.6 is 0 Å². The van der Waals surface area contributed by atoms with Crippen LogP contribution in [0.25, 0.3) is 0 Å². The van der Waals surface area contributed by atoms with E-state index in [-0.39, 0.29) is 12.0 Å². The molecule has 0 spiro atoms. The zero-order valence-electron chi connectivity index (χ0n) is 11.6. The molecule has 0 atom stereocenters. The standard InChI is InChI=1S/C15H22F3NO/c16-15(17,18)11-7-5-3-1-2-4-6-8-13-9-10-14(20)19-12-13/h9-10,12H,1-8,11H2,(H,19,20). The summed E-state index contributed by atoms with van der Waals surface area (Å²) >= 11 is 0. The smallest absolute Gasteiger partial charge is 0.329 e. The van der Waals surface area contributed by atoms with Gasteiger partial charge in [0.25, 0.3) is 0 Å². The normalized spacial score (nSPS) is 11.8. The predicted octanol–water partition coefficient (Wildman–Crippen LogP) is 4.60. The Morgan fingerprint density at radius 2 is 1.50 bits per heavy atom. The number of hydrogen-bond donors (Lipinski definition) is 1. The molecule has 0 unspecified atom stereocenters. The third kappa shape index (κ3) is 8.77. The second-order valence-corrected chi connectivity index (χ2v) is 5.15. The highest BCUT2D eigenvalue weighted by atomic mass is 19.4. The highest BCUT2D eigenvalue weighted by Gasteiger charge is 2.25. The molecule has 1 N–H and O–H groups in total. The molecule has 5 heteroatoms. The molecule has 1 aromatic rings. The number of H-pyrrole nitrogens is 1. The number of alkyl halides is 3. The SMILES string of the molecule is O=c1ccc(CCCCCCCCCC(F)(F)F)c[nH]1. The Labute approximate surface area is 117 Å². The van der Waals surface area contributed by atoms with E-state index in [1.165, 1.54) is 6.07 Å². The van der Waals surface area contributed by atoms with Crippen LogP contribution in [0.15, 0.2) is 23.1 Å². The van der Waals surface area contributed by atoms with Crippen LogP contribution in [0.5, 0.6) is 0 Å². The van der Waals surface area contributed by atoms with Crippen molar-refractivity contribution in [1.82, 2.24) is 4.98 Å². The van der Waals surface area contributed by atoms with Crippen molar-refractivity contribution < 1.29 is 13.2 Å². The van der Waals surface area contributed by atoms with Gasteiger partial charge in [0.05, 0.1) is 0 Å². The first-order valence-corrected chi connectivity index (χ1v) is 7.22. The lowest BCUT2D eigenvalue weighted by Gasteiger charge is -2.05. The Hall–Kier alpha value is -1.26. The molecule has 2 nitrogen and oxygen atoms in total. The van der Waals surface area contributed by atoms with E-state index < -0.39 is 12.6 Å². The molecule has 114 valence electrons. The summed E-state index contributed by atoms with van der Waals surface area (Å²) in [5, 5.41) is 0. The summed E-state index contributed by atoms with van der Waals surface area (Å²) in [6.45, 7) is 0. The fourth-order valence-corrected chi connectivity index (χ4v) is 2.14. The van der Waals surface area contributed by atoms with Gasteiger partial charge in [-0.3, -0.25) is 4.79 Å². The van der Waals surface area contributed by atoms with Crippen molar-refractivity contribution in [2.24, 2.45) is 0 Å². The van der Waals surface area contributed by atoms with Crippen LogP contribution in [0.1, 0.15) is 56.9 Å². The molecule has 20 heavy (non-hydrogen) atoms. The van der Waals surface area contributed by atoms with E-state index in [9.17, 15) is 18.0 Å². The molecule has 0 aromatic carbocycles. The largest absolute Gasteiger partial charge is 0.389 e. The molecule has 0 bridgehead atoms. The zero-order valence-corrected chi connectivity index (χ0v) is 11.6. The van der Waals surface area contributed by atoms with Gasteiger partial charge in [-0.15, -0.1) is 0 Å². The van der Waals surface area contributed by atoms with Gasteiger partial charge in [-0.2, -0.15) is 13.2 Å². The van der Waals surface area contributed by atoms with Crippen LogP contribution in [0, 0.1) is 0 Å². The average Bonchev–Trinajstić information content (AvgIpc) is 2.37. The molecule has 0 saturated carbocycles. The lowest BCUT2D eigenvalue weighted by atomic mass is 10.0. The Bertz CT molecular complexity index is 405. The van der Waals surface area contributed by atoms with Crippen molar-refractivity contribution in [3.63, 3.8) is 0 Å². The number of aromatic nitrogens is 1. The van der Waals surface area contributed by atoms with Gasteiger partial charge in [0.2, 0.25) is 5.56 Å². The number of hydrogen-bond acceptors (Lipinski definition) is 1. The molecule has 0 aliphatic rings. The maximum Gasteiger partial charge on any atom is 0.389 e. The average molecular weight is 289 g/mol. The van der Waals surface area contributed by atoms with Gasteiger partial charge in [0.15, 0.2) is 0 Å². The Morgan fingerprint density at radius 3 is 2.05 bits per heavy atom. The van der Waals surface area contributed by atoms with Crippen LogP contribution in [-0.2, 0) is 6.42 Å². The fraction of sp³-hybridized carbons (Fsp3) is 0.667. The van der Waals surface area contributed by atoms with Crippen LogP contribution < -0.4 is 5.56 Å². The summed E-state index contributed by atoms with van der Waals surface area (Å²) in [7, 11) is 0. The highest BCUT2D eigenvalue weighted by molar-refractivity contribution is 5.08. The minimum atomic E-state index is -4.00. The van der Waals surface area contributed by atoms with Crippen molar-refractivity contribution in [3.05, 3.63) is 34.2 Å². The maximum absolute atomic E-state index is 11.9. The molecule has 0 amide bonds. The second-order valence-electron chi connectivity index (χ2n) is 5.15. The minimum absolute atomic E-state index is 0.0902. The third-order valence-corrected chi connectivity index (χ3v) is 3.27. The number of unbranched alkanes of at least 4 members (excludes halogenated alkanes) is 6. The number of halogens is 3. The molecule has 0 aliphatic carbocycles. The molecule has 0 fully saturated rings. The molecule has 0 saturated heterocycles. The molecular weight excluding hydrogens is 267 g/mol. The zero-order chi connectivity index (χ0) is 14.8. The summed E-state index contributed by atoms with van der Waals surface area (Å²) in [6.07, 6.45) is 4.01. The maximum atomic E-state index is 11.9. The van der Waals surface area contributed by atoms with Crippen molar-refractivity contribution in [2.45, 2.75) is 64.0 Å². The number of aromatic amines is 1. The van der Waals surface area contributed by atoms with E-state index in [1.807, 2.05) is 6.07 Å². The summed E-state index contributed by atoms with van der Waals surface area (Å²) in [4.78, 5) is 13.5. The van der Waals surface area contributed by atoms with E-state index in [1.54, 1.807) is 6.20 Å². The van der Waals surface area contributed by atoms with E-state index >= 15 is 0 Å². The minimum Gasteiger partial charge on any atom is -0.329 e. The lowest BCUT2D eigenvalue weighted by Crippen LogP contribution is -2.06. The first kappa shape index (κ1) is 16.8. The highest BCUT2D eigenvalue weighted by Crippen LogP contribution is 2.23. The Morgan fingerprint density at radius 1 is 0.900 bits per heavy atom. The predicted molar refractivity (Wildman–Crippen MR) is 73.8 cm³/mol. The van der Waals surface area contributed by atoms with Gasteiger partial charge in [-0.25, -0.2) is 0 Å². The molecular formula is C15H22F3NO. The van der Waals surface area contributed by atoms with Gasteiger partial charge >= 0.3 is 6.18 Å². The van der Waals surface area contributed by atoms with E-state index in [2.05, 4.69) is 4.98 Å². The van der Waals surface area contributed by atoms with Crippen molar-refractivity contribution in [2.75, 3.05) is 0 Å². The van der Waals surface area contributed by atoms with Crippen LogP contribution in [0.2, 0.25) is 0 Å². The van der Waals surface area contributed by atoms with Gasteiger partial charge in [-0.05, 0) is 24.8 Å². The second kappa shape index (κ2) is 8.82. The number of pyridine rings is 1. The monoisotopic (exact) mass is 289 g/mol. The Kier molecular flexibility index (Phi) is 7.41. The summed E-state index contributed by atoms with van der Waals surface area (Å²) < 4.78 is 35.7. The molecule has 0 radical (unpaired) electrons. The Balaban J connectivity index is 1.92. The first-order valence-electron chi connectivity index (χ1n) is 7.22. The van der Waals surface area contributed by atoms with Gasteiger partial charge in [0.1, 0.15) is 0 Å². The topological polar surface area (TPSA) is 32.9 Å². The van der Waals surface area contributed by atoms with Crippen LogP contribution in [-0.4, -0.2) is 11.2 Å².